The predicted octanol–water partition coefficient (Wildman–Crippen LogP) is 3.24. The molecule has 0 bridgehead atoms. The van der Waals surface area contributed by atoms with Gasteiger partial charge in [-0.2, -0.15) is 5.10 Å². The monoisotopic (exact) mass is 419 g/mol. The number of pyridine rings is 1. The lowest BCUT2D eigenvalue weighted by molar-refractivity contribution is -0.122. The SMILES string of the molecule is COC(CCn1cc(-c2ccc3c(c2)CCC3=NO)c(-c2ccncc2)n1)NC(C)=O. The van der Waals surface area contributed by atoms with Crippen LogP contribution in [0.2, 0.25) is 0 Å². The Balaban J connectivity index is 1.67. The zero-order valence-electron chi connectivity index (χ0n) is 17.6. The molecule has 0 saturated carbocycles. The maximum absolute atomic E-state index is 11.3. The second-order valence-electron chi connectivity index (χ2n) is 7.52. The zero-order chi connectivity index (χ0) is 21.8. The molecule has 8 heteroatoms. The number of nitrogens with one attached hydrogen (secondary N) is 1. The molecule has 2 heterocycles. The summed E-state index contributed by atoms with van der Waals surface area (Å²) in [4.78, 5) is 15.5. The van der Waals surface area contributed by atoms with Crippen LogP contribution in [0, 0.1) is 0 Å². The van der Waals surface area contributed by atoms with Crippen LogP contribution >= 0.6 is 0 Å². The molecule has 2 N–H and O–H groups in total. The number of carbonyl (C=O) groups excluding carboxylic acids is 1. The van der Waals surface area contributed by atoms with Crippen LogP contribution in [0.4, 0.5) is 0 Å². The smallest absolute Gasteiger partial charge is 0.218 e. The fourth-order valence-electron chi connectivity index (χ4n) is 3.94. The minimum absolute atomic E-state index is 0.130. The van der Waals surface area contributed by atoms with E-state index in [-0.39, 0.29) is 12.1 Å². The van der Waals surface area contributed by atoms with Gasteiger partial charge >= 0.3 is 0 Å². The van der Waals surface area contributed by atoms with Gasteiger partial charge in [-0.05, 0) is 36.1 Å². The third-order valence-corrected chi connectivity index (χ3v) is 5.46. The van der Waals surface area contributed by atoms with E-state index >= 15 is 0 Å². The van der Waals surface area contributed by atoms with Gasteiger partial charge in [-0.3, -0.25) is 14.5 Å². The molecule has 0 aliphatic heterocycles. The first-order chi connectivity index (χ1) is 15.1. The Kier molecular flexibility index (Phi) is 6.08. The van der Waals surface area contributed by atoms with Crippen LogP contribution in [0.3, 0.4) is 0 Å². The summed E-state index contributed by atoms with van der Waals surface area (Å²) < 4.78 is 7.23. The third-order valence-electron chi connectivity index (χ3n) is 5.46. The Bertz CT molecular complexity index is 1110. The molecule has 2 aromatic heterocycles. The van der Waals surface area contributed by atoms with Gasteiger partial charge in [0.15, 0.2) is 0 Å². The van der Waals surface area contributed by atoms with E-state index in [4.69, 9.17) is 9.84 Å². The van der Waals surface area contributed by atoms with Gasteiger partial charge in [0.2, 0.25) is 5.91 Å². The molecule has 0 radical (unpaired) electrons. The number of oxime groups is 1. The number of aromatic nitrogens is 3. The number of ether oxygens (including phenoxy) is 1. The lowest BCUT2D eigenvalue weighted by Crippen LogP contribution is -2.35. The van der Waals surface area contributed by atoms with Crippen molar-refractivity contribution in [3.05, 3.63) is 60.0 Å². The van der Waals surface area contributed by atoms with Crippen molar-refractivity contribution in [2.24, 2.45) is 5.16 Å². The summed E-state index contributed by atoms with van der Waals surface area (Å²) in [5, 5.41) is 20.2. The van der Waals surface area contributed by atoms with Gasteiger partial charge in [0, 0.05) is 62.3 Å². The Morgan fingerprint density at radius 3 is 2.74 bits per heavy atom. The van der Waals surface area contributed by atoms with Crippen molar-refractivity contribution in [1.29, 1.82) is 0 Å². The first kappa shape index (κ1) is 20.7. The number of carbonyl (C=O) groups is 1. The fourth-order valence-corrected chi connectivity index (χ4v) is 3.94. The highest BCUT2D eigenvalue weighted by Gasteiger charge is 2.21. The first-order valence-electron chi connectivity index (χ1n) is 10.2. The van der Waals surface area contributed by atoms with E-state index in [1.165, 1.54) is 12.5 Å². The molecule has 31 heavy (non-hydrogen) atoms. The van der Waals surface area contributed by atoms with Crippen molar-refractivity contribution in [1.82, 2.24) is 20.1 Å². The Hall–Kier alpha value is -3.52. The molecule has 1 aliphatic carbocycles. The third kappa shape index (κ3) is 4.49. The van der Waals surface area contributed by atoms with Crippen molar-refractivity contribution in [3.63, 3.8) is 0 Å². The molecule has 0 spiro atoms. The molecule has 160 valence electrons. The van der Waals surface area contributed by atoms with E-state index < -0.39 is 0 Å². The second kappa shape index (κ2) is 9.09. The summed E-state index contributed by atoms with van der Waals surface area (Å²) in [6, 6.07) is 10.1. The van der Waals surface area contributed by atoms with Crippen LogP contribution in [0.1, 0.15) is 30.9 Å². The zero-order valence-corrected chi connectivity index (χ0v) is 17.6. The number of amides is 1. The van der Waals surface area contributed by atoms with Crippen molar-refractivity contribution in [2.45, 2.75) is 39.0 Å². The Labute approximate surface area is 180 Å². The first-order valence-corrected chi connectivity index (χ1v) is 10.2. The highest BCUT2D eigenvalue weighted by molar-refractivity contribution is 6.04. The number of benzene rings is 1. The number of hydrogen-bond donors (Lipinski definition) is 2. The highest BCUT2D eigenvalue weighted by atomic mass is 16.5. The summed E-state index contributed by atoms with van der Waals surface area (Å²) in [5.74, 6) is -0.130. The number of aryl methyl sites for hydroxylation is 2. The fraction of sp³-hybridized carbons (Fsp3) is 0.304. The van der Waals surface area contributed by atoms with E-state index in [0.29, 0.717) is 13.0 Å². The van der Waals surface area contributed by atoms with Crippen LogP contribution in [0.15, 0.2) is 54.1 Å². The largest absolute Gasteiger partial charge is 0.411 e. The number of nitrogens with zero attached hydrogens (tertiary/aromatic N) is 4. The molecule has 4 rings (SSSR count). The molecule has 8 nitrogen and oxygen atoms in total. The van der Waals surface area contributed by atoms with Crippen LogP contribution in [0.5, 0.6) is 0 Å². The number of fused-ring (bicyclic) bond motifs is 1. The number of hydrogen-bond acceptors (Lipinski definition) is 6. The summed E-state index contributed by atoms with van der Waals surface area (Å²) in [6.07, 6.45) is 7.35. The molecule has 1 unspecified atom stereocenters. The molecule has 1 aliphatic rings. The van der Waals surface area contributed by atoms with E-state index in [1.807, 2.05) is 35.1 Å². The lowest BCUT2D eigenvalue weighted by Gasteiger charge is -2.15. The van der Waals surface area contributed by atoms with Gasteiger partial charge in [-0.15, -0.1) is 0 Å². The number of methoxy groups -OCH3 is 1. The molecule has 0 saturated heterocycles. The standard InChI is InChI=1S/C23H25N5O3/c1-15(29)25-22(31-2)9-12-28-14-20(23(26-28)16-7-10-24-11-8-16)18-3-5-19-17(13-18)4-6-21(19)27-30/h3,5,7-8,10-11,13-14,22,30H,4,6,9,12H2,1-2H3,(H,25,29). The normalized spacial score (nSPS) is 15.1. The van der Waals surface area contributed by atoms with Crippen molar-refractivity contribution >= 4 is 11.6 Å². The maximum Gasteiger partial charge on any atom is 0.218 e. The predicted molar refractivity (Wildman–Crippen MR) is 117 cm³/mol. The average molecular weight is 419 g/mol. The second-order valence-corrected chi connectivity index (χ2v) is 7.52. The average Bonchev–Trinajstić information content (AvgIpc) is 3.40. The molecule has 0 fully saturated rings. The van der Waals surface area contributed by atoms with E-state index in [2.05, 4.69) is 21.5 Å². The van der Waals surface area contributed by atoms with Gasteiger partial charge < -0.3 is 15.3 Å². The molecule has 3 aromatic rings. The highest BCUT2D eigenvalue weighted by Crippen LogP contribution is 2.34. The minimum atomic E-state index is -0.370. The Morgan fingerprint density at radius 2 is 2.03 bits per heavy atom. The lowest BCUT2D eigenvalue weighted by atomic mass is 9.98. The van der Waals surface area contributed by atoms with Crippen LogP contribution in [-0.2, 0) is 22.5 Å². The van der Waals surface area contributed by atoms with Crippen LogP contribution in [0.25, 0.3) is 22.4 Å². The van der Waals surface area contributed by atoms with E-state index in [1.54, 1.807) is 19.5 Å². The van der Waals surface area contributed by atoms with Gasteiger partial charge in [0.1, 0.15) is 11.9 Å². The van der Waals surface area contributed by atoms with E-state index in [9.17, 15) is 10.0 Å². The van der Waals surface area contributed by atoms with E-state index in [0.717, 1.165) is 46.5 Å². The molecular formula is C23H25N5O3. The Morgan fingerprint density at radius 1 is 1.23 bits per heavy atom. The molecular weight excluding hydrogens is 394 g/mol. The number of rotatable bonds is 7. The van der Waals surface area contributed by atoms with Gasteiger partial charge in [-0.1, -0.05) is 23.4 Å². The molecule has 1 amide bonds. The van der Waals surface area contributed by atoms with Gasteiger partial charge in [0.25, 0.3) is 0 Å². The van der Waals surface area contributed by atoms with Crippen molar-refractivity contribution in [3.8, 4) is 22.4 Å². The summed E-state index contributed by atoms with van der Waals surface area (Å²) in [6.45, 7) is 2.06. The topological polar surface area (TPSA) is 102 Å². The van der Waals surface area contributed by atoms with Crippen molar-refractivity contribution in [2.75, 3.05) is 7.11 Å². The molecule has 1 atom stereocenters. The van der Waals surface area contributed by atoms with Crippen molar-refractivity contribution < 1.29 is 14.7 Å². The summed E-state index contributed by atoms with van der Waals surface area (Å²) in [7, 11) is 1.58. The van der Waals surface area contributed by atoms with Gasteiger partial charge in [-0.25, -0.2) is 0 Å². The minimum Gasteiger partial charge on any atom is -0.411 e. The van der Waals surface area contributed by atoms with Crippen LogP contribution in [-0.4, -0.2) is 44.9 Å². The molecule has 1 aromatic carbocycles. The maximum atomic E-state index is 11.3. The summed E-state index contributed by atoms with van der Waals surface area (Å²) >= 11 is 0. The summed E-state index contributed by atoms with van der Waals surface area (Å²) in [5.41, 5.74) is 6.82. The van der Waals surface area contributed by atoms with Gasteiger partial charge in [0.05, 0.1) is 5.71 Å². The quantitative estimate of drug-likeness (QED) is 0.348. The van der Waals surface area contributed by atoms with Crippen LogP contribution < -0.4 is 5.32 Å².